The first-order valence-corrected chi connectivity index (χ1v) is 11.2. The van der Waals surface area contributed by atoms with Crippen molar-refractivity contribution in [3.63, 3.8) is 0 Å². The third-order valence-electron chi connectivity index (χ3n) is 4.60. The van der Waals surface area contributed by atoms with Gasteiger partial charge in [0.15, 0.2) is 5.16 Å². The normalized spacial score (nSPS) is 13.3. The standard InChI is InChI=1S/C20H22N4O2S2/c1-2-26-13-9-7-12(8-10-13)22-16(25)11-27-20-23-18(21)17-14-5-3-4-6-15(14)28-19(17)24-20/h7-10H,2-6,11H2,1H3,(H,22,25)(H2,21,23,24). The molecule has 1 amide bonds. The third-order valence-corrected chi connectivity index (χ3v) is 6.64. The average Bonchev–Trinajstić information content (AvgIpc) is 3.07. The predicted molar refractivity (Wildman–Crippen MR) is 115 cm³/mol. The minimum atomic E-state index is -0.109. The zero-order chi connectivity index (χ0) is 19.5. The summed E-state index contributed by atoms with van der Waals surface area (Å²) in [6.45, 7) is 2.55. The van der Waals surface area contributed by atoms with Gasteiger partial charge in [0.05, 0.1) is 17.7 Å². The zero-order valence-corrected chi connectivity index (χ0v) is 17.3. The Labute approximate surface area is 171 Å². The van der Waals surface area contributed by atoms with Gasteiger partial charge in [-0.25, -0.2) is 9.97 Å². The van der Waals surface area contributed by atoms with Crippen LogP contribution >= 0.6 is 23.1 Å². The second kappa shape index (κ2) is 8.36. The lowest BCUT2D eigenvalue weighted by atomic mass is 9.97. The molecule has 146 valence electrons. The number of amides is 1. The smallest absolute Gasteiger partial charge is 0.234 e. The average molecular weight is 415 g/mol. The predicted octanol–water partition coefficient (Wildman–Crippen LogP) is 4.28. The number of benzene rings is 1. The number of fused-ring (bicyclic) bond motifs is 3. The van der Waals surface area contributed by atoms with Gasteiger partial charge in [-0.05, 0) is 62.4 Å². The lowest BCUT2D eigenvalue weighted by molar-refractivity contribution is -0.113. The second-order valence-electron chi connectivity index (χ2n) is 6.58. The van der Waals surface area contributed by atoms with Gasteiger partial charge in [0.2, 0.25) is 5.91 Å². The number of anilines is 2. The number of nitrogens with one attached hydrogen (secondary N) is 1. The fraction of sp³-hybridized carbons (Fsp3) is 0.350. The number of carbonyl (C=O) groups excluding carboxylic acids is 1. The molecule has 0 aliphatic heterocycles. The molecule has 1 aliphatic carbocycles. The molecule has 0 saturated carbocycles. The molecule has 2 heterocycles. The van der Waals surface area contributed by atoms with Crippen molar-refractivity contribution in [1.82, 2.24) is 9.97 Å². The number of nitrogens with zero attached hydrogens (tertiary/aromatic N) is 2. The quantitative estimate of drug-likeness (QED) is 0.462. The van der Waals surface area contributed by atoms with Crippen LogP contribution in [0.25, 0.3) is 10.2 Å². The van der Waals surface area contributed by atoms with E-state index in [2.05, 4.69) is 15.3 Å². The van der Waals surface area contributed by atoms with Gasteiger partial charge in [-0.3, -0.25) is 4.79 Å². The van der Waals surface area contributed by atoms with Gasteiger partial charge in [-0.15, -0.1) is 11.3 Å². The maximum absolute atomic E-state index is 12.3. The minimum Gasteiger partial charge on any atom is -0.494 e. The Bertz CT molecular complexity index is 1000. The molecule has 4 rings (SSSR count). The lowest BCUT2D eigenvalue weighted by Gasteiger charge is -2.10. The lowest BCUT2D eigenvalue weighted by Crippen LogP contribution is -2.14. The van der Waals surface area contributed by atoms with Gasteiger partial charge < -0.3 is 15.8 Å². The van der Waals surface area contributed by atoms with E-state index in [-0.39, 0.29) is 11.7 Å². The number of aromatic nitrogens is 2. The van der Waals surface area contributed by atoms with E-state index in [1.165, 1.54) is 35.0 Å². The van der Waals surface area contributed by atoms with Crippen LogP contribution in [0.5, 0.6) is 5.75 Å². The van der Waals surface area contributed by atoms with Crippen LogP contribution in [0.3, 0.4) is 0 Å². The molecule has 3 N–H and O–H groups in total. The summed E-state index contributed by atoms with van der Waals surface area (Å²) < 4.78 is 5.40. The molecule has 6 nitrogen and oxygen atoms in total. The van der Waals surface area contributed by atoms with Crippen LogP contribution < -0.4 is 15.8 Å². The molecule has 2 aromatic heterocycles. The van der Waals surface area contributed by atoms with Gasteiger partial charge >= 0.3 is 0 Å². The second-order valence-corrected chi connectivity index (χ2v) is 8.60. The third kappa shape index (κ3) is 4.07. The van der Waals surface area contributed by atoms with E-state index in [4.69, 9.17) is 10.5 Å². The maximum Gasteiger partial charge on any atom is 0.234 e. The van der Waals surface area contributed by atoms with Crippen LogP contribution in [0.1, 0.15) is 30.2 Å². The van der Waals surface area contributed by atoms with Crippen molar-refractivity contribution in [2.75, 3.05) is 23.4 Å². The van der Waals surface area contributed by atoms with Gasteiger partial charge in [-0.2, -0.15) is 0 Å². The van der Waals surface area contributed by atoms with Crippen molar-refractivity contribution in [3.8, 4) is 5.75 Å². The molecule has 0 radical (unpaired) electrons. The molecule has 0 atom stereocenters. The van der Waals surface area contributed by atoms with E-state index in [0.29, 0.717) is 17.6 Å². The summed E-state index contributed by atoms with van der Waals surface area (Å²) in [5, 5.41) is 4.44. The molecular formula is C20H22N4O2S2. The van der Waals surface area contributed by atoms with Crippen molar-refractivity contribution in [3.05, 3.63) is 34.7 Å². The highest BCUT2D eigenvalue weighted by Crippen LogP contribution is 2.38. The van der Waals surface area contributed by atoms with Crippen LogP contribution in [0.15, 0.2) is 29.4 Å². The Morgan fingerprint density at radius 3 is 2.82 bits per heavy atom. The highest BCUT2D eigenvalue weighted by Gasteiger charge is 2.20. The van der Waals surface area contributed by atoms with E-state index in [9.17, 15) is 4.79 Å². The van der Waals surface area contributed by atoms with Crippen molar-refractivity contribution < 1.29 is 9.53 Å². The number of rotatable bonds is 6. The number of aryl methyl sites for hydroxylation is 2. The number of thioether (sulfide) groups is 1. The summed E-state index contributed by atoms with van der Waals surface area (Å²) in [5.74, 6) is 1.43. The topological polar surface area (TPSA) is 90.1 Å². The van der Waals surface area contributed by atoms with E-state index < -0.39 is 0 Å². The summed E-state index contributed by atoms with van der Waals surface area (Å²) in [4.78, 5) is 23.7. The Hall–Kier alpha value is -2.32. The minimum absolute atomic E-state index is 0.109. The van der Waals surface area contributed by atoms with Crippen molar-refractivity contribution in [2.45, 2.75) is 37.8 Å². The van der Waals surface area contributed by atoms with E-state index in [0.717, 1.165) is 34.5 Å². The first kappa shape index (κ1) is 19.0. The fourth-order valence-electron chi connectivity index (χ4n) is 3.36. The van der Waals surface area contributed by atoms with Gasteiger partial charge in [0.25, 0.3) is 0 Å². The summed E-state index contributed by atoms with van der Waals surface area (Å²) in [7, 11) is 0. The van der Waals surface area contributed by atoms with Crippen molar-refractivity contribution >= 4 is 50.7 Å². The number of nitrogen functional groups attached to an aromatic ring is 1. The van der Waals surface area contributed by atoms with E-state index >= 15 is 0 Å². The number of hydrogen-bond acceptors (Lipinski definition) is 7. The first-order chi connectivity index (χ1) is 13.6. The van der Waals surface area contributed by atoms with Crippen molar-refractivity contribution in [1.29, 1.82) is 0 Å². The summed E-state index contributed by atoms with van der Waals surface area (Å²) >= 11 is 3.02. The molecule has 0 saturated heterocycles. The summed E-state index contributed by atoms with van der Waals surface area (Å²) in [6, 6.07) is 7.32. The number of thiophene rings is 1. The zero-order valence-electron chi connectivity index (χ0n) is 15.7. The van der Waals surface area contributed by atoms with Gasteiger partial charge in [0, 0.05) is 10.6 Å². The molecule has 28 heavy (non-hydrogen) atoms. The van der Waals surface area contributed by atoms with Crippen molar-refractivity contribution in [2.24, 2.45) is 0 Å². The number of carbonyl (C=O) groups is 1. The summed E-state index contributed by atoms with van der Waals surface area (Å²) in [5.41, 5.74) is 8.28. The van der Waals surface area contributed by atoms with E-state index in [1.54, 1.807) is 11.3 Å². The van der Waals surface area contributed by atoms with Crippen LogP contribution in [0, 0.1) is 0 Å². The summed E-state index contributed by atoms with van der Waals surface area (Å²) in [6.07, 6.45) is 4.57. The number of ether oxygens (including phenoxy) is 1. The van der Waals surface area contributed by atoms with Crippen LogP contribution in [-0.4, -0.2) is 28.2 Å². The van der Waals surface area contributed by atoms with Gasteiger partial charge in [-0.1, -0.05) is 11.8 Å². The Morgan fingerprint density at radius 2 is 2.04 bits per heavy atom. The molecule has 0 bridgehead atoms. The molecule has 3 aromatic rings. The highest BCUT2D eigenvalue weighted by molar-refractivity contribution is 7.99. The highest BCUT2D eigenvalue weighted by atomic mass is 32.2. The van der Waals surface area contributed by atoms with Crippen LogP contribution in [0.4, 0.5) is 11.5 Å². The van der Waals surface area contributed by atoms with E-state index in [1.807, 2.05) is 31.2 Å². The SMILES string of the molecule is CCOc1ccc(NC(=O)CSc2nc(N)c3c4c(sc3n2)CCCC4)cc1. The number of nitrogens with two attached hydrogens (primary N) is 1. The molecule has 1 aromatic carbocycles. The Kier molecular flexibility index (Phi) is 5.68. The van der Waals surface area contributed by atoms with Gasteiger partial charge in [0.1, 0.15) is 16.4 Å². The Morgan fingerprint density at radius 1 is 1.25 bits per heavy atom. The molecule has 1 aliphatic rings. The largest absolute Gasteiger partial charge is 0.494 e. The fourth-order valence-corrected chi connectivity index (χ4v) is 5.34. The Balaban J connectivity index is 1.41. The maximum atomic E-state index is 12.3. The molecule has 0 spiro atoms. The molecule has 8 heteroatoms. The monoisotopic (exact) mass is 414 g/mol. The number of hydrogen-bond donors (Lipinski definition) is 2. The van der Waals surface area contributed by atoms with Crippen LogP contribution in [0.2, 0.25) is 0 Å². The molecule has 0 unspecified atom stereocenters. The first-order valence-electron chi connectivity index (χ1n) is 9.37. The van der Waals surface area contributed by atoms with Crippen LogP contribution in [-0.2, 0) is 17.6 Å². The molecular weight excluding hydrogens is 392 g/mol. The molecule has 0 fully saturated rings.